The second kappa shape index (κ2) is 7.70. The van der Waals surface area contributed by atoms with E-state index in [0.717, 1.165) is 16.7 Å². The van der Waals surface area contributed by atoms with Crippen molar-refractivity contribution >= 4 is 23.4 Å². The van der Waals surface area contributed by atoms with Crippen LogP contribution < -0.4 is 0 Å². The number of allylic oxidation sites excluding steroid dienone is 1. The van der Waals surface area contributed by atoms with Crippen LogP contribution in [0, 0.1) is 6.92 Å². The Balaban J connectivity index is 1.95. The number of ether oxygens (including phenoxy) is 1. The Bertz CT molecular complexity index is 909. The van der Waals surface area contributed by atoms with E-state index in [1.54, 1.807) is 0 Å². The summed E-state index contributed by atoms with van der Waals surface area (Å²) in [6.45, 7) is 13.6. The molecule has 0 spiro atoms. The molecule has 1 atom stereocenters. The SMILES string of the molecule is COC(O)c1ccc(/C=C(\C)c2ccc3c(c2)C(C)(C)CC(C)(C)S3)c(C)c1. The van der Waals surface area contributed by atoms with E-state index in [0.29, 0.717) is 0 Å². The number of aliphatic hydroxyl groups is 1. The average molecular weight is 397 g/mol. The van der Waals surface area contributed by atoms with Crippen LogP contribution in [-0.2, 0) is 10.2 Å². The Morgan fingerprint density at radius 3 is 2.50 bits per heavy atom. The Hall–Kier alpha value is -1.55. The maximum atomic E-state index is 9.86. The van der Waals surface area contributed by atoms with Gasteiger partial charge in [-0.1, -0.05) is 58.0 Å². The van der Waals surface area contributed by atoms with Gasteiger partial charge in [-0.3, -0.25) is 0 Å². The number of hydrogen-bond donors (Lipinski definition) is 1. The molecule has 3 rings (SSSR count). The van der Waals surface area contributed by atoms with E-state index < -0.39 is 6.29 Å². The number of benzene rings is 2. The second-order valence-electron chi connectivity index (χ2n) is 9.16. The maximum Gasteiger partial charge on any atom is 0.180 e. The third kappa shape index (κ3) is 4.37. The molecule has 1 aliphatic heterocycles. The molecule has 0 bridgehead atoms. The molecule has 1 unspecified atom stereocenters. The first-order valence-corrected chi connectivity index (χ1v) is 10.7. The molecule has 2 nitrogen and oxygen atoms in total. The molecular formula is C25H32O2S. The van der Waals surface area contributed by atoms with Crippen LogP contribution in [0.4, 0.5) is 0 Å². The lowest BCUT2D eigenvalue weighted by Crippen LogP contribution is -2.33. The smallest absolute Gasteiger partial charge is 0.180 e. The van der Waals surface area contributed by atoms with Crippen molar-refractivity contribution in [1.82, 2.24) is 0 Å². The van der Waals surface area contributed by atoms with Crippen LogP contribution >= 0.6 is 11.8 Å². The van der Waals surface area contributed by atoms with Crippen molar-refractivity contribution in [1.29, 1.82) is 0 Å². The summed E-state index contributed by atoms with van der Waals surface area (Å²) >= 11 is 1.99. The quantitative estimate of drug-likeness (QED) is 0.458. The standard InChI is InChI=1S/C25H32O2S/c1-16(12-18-8-9-20(13-17(18)2)23(26)27-7)19-10-11-22-21(14-19)24(3,4)15-25(5,6)28-22/h8-14,23,26H,15H2,1-7H3/b16-12+. The van der Waals surface area contributed by atoms with E-state index in [9.17, 15) is 5.11 Å². The number of methoxy groups -OCH3 is 1. The van der Waals surface area contributed by atoms with E-state index in [1.165, 1.54) is 35.1 Å². The van der Waals surface area contributed by atoms with Crippen molar-refractivity contribution in [3.63, 3.8) is 0 Å². The fraction of sp³-hybridized carbons (Fsp3) is 0.440. The van der Waals surface area contributed by atoms with Crippen molar-refractivity contribution in [3.05, 3.63) is 64.2 Å². The Labute approximate surface area is 174 Å². The van der Waals surface area contributed by atoms with Gasteiger partial charge in [0.2, 0.25) is 0 Å². The van der Waals surface area contributed by atoms with E-state index in [4.69, 9.17) is 4.74 Å². The summed E-state index contributed by atoms with van der Waals surface area (Å²) in [5.41, 5.74) is 7.22. The molecule has 3 heteroatoms. The molecule has 2 aromatic rings. The van der Waals surface area contributed by atoms with E-state index in [1.807, 2.05) is 23.9 Å². The normalized spacial score (nSPS) is 19.2. The van der Waals surface area contributed by atoms with Gasteiger partial charge in [-0.2, -0.15) is 0 Å². The van der Waals surface area contributed by atoms with Crippen LogP contribution in [0.15, 0.2) is 41.3 Å². The third-order valence-electron chi connectivity index (χ3n) is 5.59. The van der Waals surface area contributed by atoms with Crippen LogP contribution in [-0.4, -0.2) is 17.0 Å². The van der Waals surface area contributed by atoms with Crippen LogP contribution in [0.5, 0.6) is 0 Å². The van der Waals surface area contributed by atoms with E-state index >= 15 is 0 Å². The summed E-state index contributed by atoms with van der Waals surface area (Å²) < 4.78 is 5.28. The lowest BCUT2D eigenvalue weighted by Gasteiger charge is -2.42. The van der Waals surface area contributed by atoms with E-state index in [2.05, 4.69) is 71.9 Å². The summed E-state index contributed by atoms with van der Waals surface area (Å²) in [6.07, 6.45) is 2.53. The largest absolute Gasteiger partial charge is 0.364 e. The highest BCUT2D eigenvalue weighted by Gasteiger charge is 2.38. The zero-order valence-electron chi connectivity index (χ0n) is 18.1. The summed E-state index contributed by atoms with van der Waals surface area (Å²) in [7, 11) is 1.51. The molecule has 1 N–H and O–H groups in total. The van der Waals surface area contributed by atoms with Gasteiger partial charge in [-0.15, -0.1) is 11.8 Å². The van der Waals surface area contributed by atoms with Crippen LogP contribution in [0.25, 0.3) is 11.6 Å². The molecule has 0 saturated heterocycles. The Kier molecular flexibility index (Phi) is 5.82. The minimum Gasteiger partial charge on any atom is -0.364 e. The zero-order valence-corrected chi connectivity index (χ0v) is 18.9. The molecule has 28 heavy (non-hydrogen) atoms. The maximum absolute atomic E-state index is 9.86. The molecule has 1 aliphatic rings. The Morgan fingerprint density at radius 1 is 1.14 bits per heavy atom. The minimum atomic E-state index is -0.873. The monoisotopic (exact) mass is 396 g/mol. The number of rotatable bonds is 4. The molecule has 0 saturated carbocycles. The molecular weight excluding hydrogens is 364 g/mol. The Morgan fingerprint density at radius 2 is 1.86 bits per heavy atom. The lowest BCUT2D eigenvalue weighted by atomic mass is 9.76. The predicted octanol–water partition coefficient (Wildman–Crippen LogP) is 6.74. The topological polar surface area (TPSA) is 29.5 Å². The van der Waals surface area contributed by atoms with Gasteiger partial charge in [-0.05, 0) is 65.6 Å². The summed E-state index contributed by atoms with van der Waals surface area (Å²) in [6, 6.07) is 12.9. The van der Waals surface area contributed by atoms with Crippen LogP contribution in [0.2, 0.25) is 0 Å². The van der Waals surface area contributed by atoms with Crippen molar-refractivity contribution in [2.45, 2.75) is 69.3 Å². The predicted molar refractivity (Wildman–Crippen MR) is 121 cm³/mol. The van der Waals surface area contributed by atoms with Gasteiger partial charge in [0.05, 0.1) is 0 Å². The highest BCUT2D eigenvalue weighted by Crippen LogP contribution is 2.51. The molecule has 2 aromatic carbocycles. The fourth-order valence-electron chi connectivity index (χ4n) is 4.35. The molecule has 150 valence electrons. The molecule has 0 aliphatic carbocycles. The minimum absolute atomic E-state index is 0.175. The number of thioether (sulfide) groups is 1. The van der Waals surface area contributed by atoms with Crippen LogP contribution in [0.3, 0.4) is 0 Å². The summed E-state index contributed by atoms with van der Waals surface area (Å²) in [4.78, 5) is 1.41. The van der Waals surface area contributed by atoms with Gasteiger partial charge >= 0.3 is 0 Å². The average Bonchev–Trinajstić information content (AvgIpc) is 2.60. The molecule has 0 aromatic heterocycles. The molecule has 0 fully saturated rings. The summed E-state index contributed by atoms with van der Waals surface area (Å²) in [5.74, 6) is 0. The van der Waals surface area contributed by atoms with Gasteiger partial charge in [0.25, 0.3) is 0 Å². The third-order valence-corrected chi connectivity index (χ3v) is 6.87. The van der Waals surface area contributed by atoms with Crippen molar-refractivity contribution in [2.75, 3.05) is 7.11 Å². The highest BCUT2D eigenvalue weighted by molar-refractivity contribution is 8.00. The highest BCUT2D eigenvalue weighted by atomic mass is 32.2. The van der Waals surface area contributed by atoms with E-state index in [-0.39, 0.29) is 10.2 Å². The summed E-state index contributed by atoms with van der Waals surface area (Å²) in [5, 5.41) is 9.86. The molecule has 0 amide bonds. The van der Waals surface area contributed by atoms with Crippen molar-refractivity contribution in [2.24, 2.45) is 0 Å². The van der Waals surface area contributed by atoms with Gasteiger partial charge in [-0.25, -0.2) is 0 Å². The van der Waals surface area contributed by atoms with Crippen molar-refractivity contribution < 1.29 is 9.84 Å². The van der Waals surface area contributed by atoms with Gasteiger partial charge < -0.3 is 9.84 Å². The fourth-order valence-corrected chi connectivity index (χ4v) is 5.96. The number of aliphatic hydroxyl groups excluding tert-OH is 1. The second-order valence-corrected chi connectivity index (χ2v) is 10.9. The number of hydrogen-bond acceptors (Lipinski definition) is 3. The van der Waals surface area contributed by atoms with Gasteiger partial charge in [0, 0.05) is 22.3 Å². The van der Waals surface area contributed by atoms with Crippen LogP contribution in [0.1, 0.15) is 75.1 Å². The lowest BCUT2D eigenvalue weighted by molar-refractivity contribution is -0.0769. The van der Waals surface area contributed by atoms with Gasteiger partial charge in [0.15, 0.2) is 6.29 Å². The first-order valence-electron chi connectivity index (χ1n) is 9.86. The first-order chi connectivity index (χ1) is 13.0. The van der Waals surface area contributed by atoms with Gasteiger partial charge in [0.1, 0.15) is 0 Å². The molecule has 0 radical (unpaired) electrons. The number of fused-ring (bicyclic) bond motifs is 1. The number of aryl methyl sites for hydroxylation is 1. The van der Waals surface area contributed by atoms with Crippen molar-refractivity contribution in [3.8, 4) is 0 Å². The first kappa shape index (κ1) is 21.2. The molecule has 1 heterocycles. The zero-order chi connectivity index (χ0) is 20.7.